The zero-order chi connectivity index (χ0) is 21.8. The van der Waals surface area contributed by atoms with Gasteiger partial charge in [-0.05, 0) is 61.4 Å². The van der Waals surface area contributed by atoms with Crippen molar-refractivity contribution >= 4 is 45.4 Å². The van der Waals surface area contributed by atoms with Gasteiger partial charge in [0, 0.05) is 30.4 Å². The molecule has 8 nitrogen and oxygen atoms in total. The normalized spacial score (nSPS) is 14.3. The minimum Gasteiger partial charge on any atom is -0.459 e. The standard InChI is InChI=1S/C22H22N4O4S/c23-20(27)14-9-11-26(12-10-14)16-5-3-15(4-6-16)24-22(29)18-7-8-19(31-18)25-21(28)17-2-1-13-30-17/h1-8,13-14H,9-12H2,(H2,23,27)(H,24,29)(H,25,28). The highest BCUT2D eigenvalue weighted by Crippen LogP contribution is 2.26. The SMILES string of the molecule is NC(=O)C1CCN(c2ccc(NC(=O)c3ccc(NC(=O)c4ccco4)s3)cc2)CC1. The molecule has 1 aliphatic heterocycles. The van der Waals surface area contributed by atoms with Gasteiger partial charge in [0.25, 0.3) is 11.8 Å². The Morgan fingerprint density at radius 3 is 2.35 bits per heavy atom. The van der Waals surface area contributed by atoms with Crippen LogP contribution in [-0.2, 0) is 4.79 Å². The summed E-state index contributed by atoms with van der Waals surface area (Å²) in [5.74, 6) is -0.685. The predicted octanol–water partition coefficient (Wildman–Crippen LogP) is 3.55. The summed E-state index contributed by atoms with van der Waals surface area (Å²) in [6.45, 7) is 1.56. The van der Waals surface area contributed by atoms with E-state index in [0.717, 1.165) is 31.6 Å². The Morgan fingerprint density at radius 1 is 0.968 bits per heavy atom. The molecule has 3 aromatic rings. The highest BCUT2D eigenvalue weighted by molar-refractivity contribution is 7.18. The molecule has 4 rings (SSSR count). The lowest BCUT2D eigenvalue weighted by atomic mass is 9.96. The number of furan rings is 1. The maximum absolute atomic E-state index is 12.5. The number of carbonyl (C=O) groups excluding carboxylic acids is 3. The molecule has 0 radical (unpaired) electrons. The molecule has 4 N–H and O–H groups in total. The second-order valence-electron chi connectivity index (χ2n) is 7.26. The van der Waals surface area contributed by atoms with Gasteiger partial charge in [-0.1, -0.05) is 0 Å². The molecule has 3 amide bonds. The quantitative estimate of drug-likeness (QED) is 0.544. The van der Waals surface area contributed by atoms with Crippen LogP contribution in [0.15, 0.2) is 59.2 Å². The van der Waals surface area contributed by atoms with Crippen LogP contribution >= 0.6 is 11.3 Å². The minimum atomic E-state index is -0.366. The number of anilines is 3. The highest BCUT2D eigenvalue weighted by atomic mass is 32.1. The number of thiophene rings is 1. The van der Waals surface area contributed by atoms with Crippen molar-refractivity contribution in [2.75, 3.05) is 28.6 Å². The molecule has 0 aliphatic carbocycles. The average Bonchev–Trinajstić information content (AvgIpc) is 3.47. The molecule has 9 heteroatoms. The van der Waals surface area contributed by atoms with E-state index in [1.54, 1.807) is 24.3 Å². The fourth-order valence-electron chi connectivity index (χ4n) is 3.48. The van der Waals surface area contributed by atoms with E-state index in [1.165, 1.54) is 17.6 Å². The van der Waals surface area contributed by atoms with E-state index in [-0.39, 0.29) is 29.4 Å². The van der Waals surface area contributed by atoms with Crippen LogP contribution in [0.25, 0.3) is 0 Å². The Labute approximate surface area is 183 Å². The number of amides is 3. The van der Waals surface area contributed by atoms with E-state index in [4.69, 9.17) is 10.2 Å². The average molecular weight is 439 g/mol. The summed E-state index contributed by atoms with van der Waals surface area (Å²) >= 11 is 1.18. The topological polar surface area (TPSA) is 118 Å². The van der Waals surface area contributed by atoms with E-state index in [2.05, 4.69) is 15.5 Å². The molecule has 1 saturated heterocycles. The first kappa shape index (κ1) is 20.7. The molecule has 0 spiro atoms. The number of rotatable bonds is 6. The highest BCUT2D eigenvalue weighted by Gasteiger charge is 2.23. The van der Waals surface area contributed by atoms with E-state index >= 15 is 0 Å². The largest absolute Gasteiger partial charge is 0.459 e. The lowest BCUT2D eigenvalue weighted by Gasteiger charge is -2.32. The van der Waals surface area contributed by atoms with E-state index in [9.17, 15) is 14.4 Å². The van der Waals surface area contributed by atoms with Crippen molar-refractivity contribution in [1.29, 1.82) is 0 Å². The maximum Gasteiger partial charge on any atom is 0.291 e. The van der Waals surface area contributed by atoms with Crippen molar-refractivity contribution in [1.82, 2.24) is 0 Å². The number of piperidine rings is 1. The molecule has 160 valence electrons. The molecule has 0 unspecified atom stereocenters. The smallest absolute Gasteiger partial charge is 0.291 e. The van der Waals surface area contributed by atoms with Gasteiger partial charge in [-0.25, -0.2) is 0 Å². The molecular weight excluding hydrogens is 416 g/mol. The van der Waals surface area contributed by atoms with Crippen molar-refractivity contribution in [2.24, 2.45) is 11.7 Å². The van der Waals surface area contributed by atoms with Gasteiger partial charge in [-0.3, -0.25) is 14.4 Å². The van der Waals surface area contributed by atoms with Crippen LogP contribution in [-0.4, -0.2) is 30.8 Å². The van der Waals surface area contributed by atoms with E-state index < -0.39 is 0 Å². The van der Waals surface area contributed by atoms with E-state index in [1.807, 2.05) is 24.3 Å². The monoisotopic (exact) mass is 438 g/mol. The molecule has 1 fully saturated rings. The molecule has 3 heterocycles. The van der Waals surface area contributed by atoms with Crippen LogP contribution in [0.5, 0.6) is 0 Å². The van der Waals surface area contributed by atoms with E-state index in [0.29, 0.717) is 15.6 Å². The minimum absolute atomic E-state index is 0.0469. The number of hydrogen-bond donors (Lipinski definition) is 3. The molecule has 2 aromatic heterocycles. The molecule has 1 aromatic carbocycles. The van der Waals surface area contributed by atoms with Crippen molar-refractivity contribution < 1.29 is 18.8 Å². The fraction of sp³-hybridized carbons (Fsp3) is 0.227. The lowest BCUT2D eigenvalue weighted by molar-refractivity contribution is -0.122. The summed E-state index contributed by atoms with van der Waals surface area (Å²) in [5, 5.41) is 6.13. The molecule has 31 heavy (non-hydrogen) atoms. The first-order valence-electron chi connectivity index (χ1n) is 9.90. The second kappa shape index (κ2) is 9.05. The molecule has 1 aliphatic rings. The van der Waals surface area contributed by atoms with Crippen molar-refractivity contribution in [2.45, 2.75) is 12.8 Å². The van der Waals surface area contributed by atoms with Gasteiger partial charge < -0.3 is 25.7 Å². The Balaban J connectivity index is 1.32. The molecule has 0 atom stereocenters. The Bertz CT molecular complexity index is 1070. The first-order valence-corrected chi connectivity index (χ1v) is 10.7. The van der Waals surface area contributed by atoms with Crippen molar-refractivity contribution in [3.63, 3.8) is 0 Å². The third-order valence-corrected chi connectivity index (χ3v) is 6.20. The zero-order valence-corrected chi connectivity index (χ0v) is 17.5. The summed E-state index contributed by atoms with van der Waals surface area (Å²) in [5.41, 5.74) is 7.11. The fourth-order valence-corrected chi connectivity index (χ4v) is 4.28. The number of nitrogens with one attached hydrogen (secondary N) is 2. The Hall–Kier alpha value is -3.59. The van der Waals surface area contributed by atoms with Gasteiger partial charge in [0.15, 0.2) is 5.76 Å². The molecule has 0 saturated carbocycles. The third-order valence-electron chi connectivity index (χ3n) is 5.20. The molecular formula is C22H22N4O4S. The van der Waals surface area contributed by atoms with Gasteiger partial charge >= 0.3 is 0 Å². The van der Waals surface area contributed by atoms with Crippen LogP contribution in [0.2, 0.25) is 0 Å². The zero-order valence-electron chi connectivity index (χ0n) is 16.7. The number of hydrogen-bond acceptors (Lipinski definition) is 6. The van der Waals surface area contributed by atoms with Gasteiger partial charge in [0.2, 0.25) is 5.91 Å². The number of carbonyl (C=O) groups is 3. The van der Waals surface area contributed by atoms with Gasteiger partial charge in [-0.15, -0.1) is 11.3 Å². The van der Waals surface area contributed by atoms with Crippen LogP contribution in [0.3, 0.4) is 0 Å². The van der Waals surface area contributed by atoms with Crippen LogP contribution < -0.4 is 21.3 Å². The number of primary amides is 1. The summed E-state index contributed by atoms with van der Waals surface area (Å²) in [4.78, 5) is 38.6. The van der Waals surface area contributed by atoms with Crippen LogP contribution in [0.1, 0.15) is 33.1 Å². The van der Waals surface area contributed by atoms with Crippen molar-refractivity contribution in [3.05, 3.63) is 65.4 Å². The lowest BCUT2D eigenvalue weighted by Crippen LogP contribution is -2.38. The van der Waals surface area contributed by atoms with Gasteiger partial charge in [-0.2, -0.15) is 0 Å². The summed E-state index contributed by atoms with van der Waals surface area (Å²) in [6.07, 6.45) is 2.94. The first-order chi connectivity index (χ1) is 15.0. The van der Waals surface area contributed by atoms with Gasteiger partial charge in [0.05, 0.1) is 16.1 Å². The van der Waals surface area contributed by atoms with Crippen LogP contribution in [0.4, 0.5) is 16.4 Å². The molecule has 0 bridgehead atoms. The summed E-state index contributed by atoms with van der Waals surface area (Å²) < 4.78 is 5.06. The summed E-state index contributed by atoms with van der Waals surface area (Å²) in [6, 6.07) is 14.1. The predicted molar refractivity (Wildman–Crippen MR) is 120 cm³/mol. The Kier molecular flexibility index (Phi) is 6.03. The number of benzene rings is 1. The maximum atomic E-state index is 12.5. The van der Waals surface area contributed by atoms with Crippen molar-refractivity contribution in [3.8, 4) is 0 Å². The number of nitrogens with two attached hydrogens (primary N) is 1. The summed E-state index contributed by atoms with van der Waals surface area (Å²) in [7, 11) is 0. The van der Waals surface area contributed by atoms with Gasteiger partial charge in [0.1, 0.15) is 0 Å². The van der Waals surface area contributed by atoms with Crippen LogP contribution in [0, 0.1) is 5.92 Å². The Morgan fingerprint density at radius 2 is 1.71 bits per heavy atom. The number of nitrogens with zero attached hydrogens (tertiary/aromatic N) is 1. The third kappa shape index (κ3) is 4.95. The second-order valence-corrected chi connectivity index (χ2v) is 8.34.